The fraction of sp³-hybridized carbons (Fsp3) is 0.357. The third-order valence-corrected chi connectivity index (χ3v) is 3.36. The number of nitrogens with zero attached hydrogens (tertiary/aromatic N) is 1. The molecule has 1 aliphatic rings. The normalized spacial score (nSPS) is 19.7. The van der Waals surface area contributed by atoms with Gasteiger partial charge in [0.05, 0.1) is 0 Å². The van der Waals surface area contributed by atoms with Gasteiger partial charge in [-0.2, -0.15) is 0 Å². The molecule has 0 aliphatic carbocycles. The molecular weight excluding hydrogens is 250 g/mol. The molecule has 0 bridgehead atoms. The smallest absolute Gasteiger partial charge is 0.246 e. The fourth-order valence-electron chi connectivity index (χ4n) is 2.07. The first-order chi connectivity index (χ1) is 8.69. The number of halogens is 1. The molecule has 3 nitrogen and oxygen atoms in total. The van der Waals surface area contributed by atoms with Crippen molar-refractivity contribution < 1.29 is 9.90 Å². The Bertz CT molecular complexity index is 459. The summed E-state index contributed by atoms with van der Waals surface area (Å²) >= 11 is 5.87. The van der Waals surface area contributed by atoms with Gasteiger partial charge in [0, 0.05) is 36.7 Å². The first kappa shape index (κ1) is 13.1. The standard InChI is InChI=1S/C14H16ClNO2/c15-13-3-1-2-11(8-13)4-5-14(18)16-7-6-12(9-16)10-17/h1-5,8,12,17H,6-7,9-10H2. The van der Waals surface area contributed by atoms with Gasteiger partial charge >= 0.3 is 0 Å². The van der Waals surface area contributed by atoms with Crippen LogP contribution in [0, 0.1) is 5.92 Å². The molecule has 0 aromatic heterocycles. The maximum atomic E-state index is 11.9. The highest BCUT2D eigenvalue weighted by atomic mass is 35.5. The molecule has 1 aliphatic heterocycles. The molecule has 1 aromatic rings. The van der Waals surface area contributed by atoms with Gasteiger partial charge in [0.1, 0.15) is 0 Å². The highest BCUT2D eigenvalue weighted by molar-refractivity contribution is 6.30. The molecule has 18 heavy (non-hydrogen) atoms. The number of amides is 1. The summed E-state index contributed by atoms with van der Waals surface area (Å²) in [6.07, 6.45) is 4.21. The van der Waals surface area contributed by atoms with Crippen LogP contribution in [0.15, 0.2) is 30.3 Å². The molecular formula is C14H16ClNO2. The van der Waals surface area contributed by atoms with Crippen molar-refractivity contribution in [1.82, 2.24) is 4.90 Å². The molecule has 96 valence electrons. The van der Waals surface area contributed by atoms with Crippen molar-refractivity contribution in [2.75, 3.05) is 19.7 Å². The van der Waals surface area contributed by atoms with E-state index >= 15 is 0 Å². The summed E-state index contributed by atoms with van der Waals surface area (Å²) in [7, 11) is 0. The molecule has 1 unspecified atom stereocenters. The number of likely N-dealkylation sites (tertiary alicyclic amines) is 1. The molecule has 1 aromatic carbocycles. The summed E-state index contributed by atoms with van der Waals surface area (Å²) in [5, 5.41) is 9.69. The Morgan fingerprint density at radius 1 is 1.56 bits per heavy atom. The zero-order chi connectivity index (χ0) is 13.0. The average Bonchev–Trinajstić information content (AvgIpc) is 2.85. The lowest BCUT2D eigenvalue weighted by Gasteiger charge is -2.13. The molecule has 0 saturated carbocycles. The van der Waals surface area contributed by atoms with Crippen molar-refractivity contribution in [2.45, 2.75) is 6.42 Å². The van der Waals surface area contributed by atoms with Crippen LogP contribution < -0.4 is 0 Å². The number of hydrogen-bond donors (Lipinski definition) is 1. The number of carbonyl (C=O) groups excluding carboxylic acids is 1. The van der Waals surface area contributed by atoms with E-state index in [1.165, 1.54) is 0 Å². The van der Waals surface area contributed by atoms with Gasteiger partial charge < -0.3 is 10.0 Å². The first-order valence-corrected chi connectivity index (χ1v) is 6.40. The first-order valence-electron chi connectivity index (χ1n) is 6.02. The summed E-state index contributed by atoms with van der Waals surface area (Å²) < 4.78 is 0. The molecule has 1 atom stereocenters. The van der Waals surface area contributed by atoms with Gasteiger partial charge in [0.15, 0.2) is 0 Å². The highest BCUT2D eigenvalue weighted by Crippen LogP contribution is 2.16. The average molecular weight is 266 g/mol. The van der Waals surface area contributed by atoms with Crippen LogP contribution in [-0.2, 0) is 4.79 Å². The summed E-state index contributed by atoms with van der Waals surface area (Å²) in [5.41, 5.74) is 0.911. The van der Waals surface area contributed by atoms with E-state index in [9.17, 15) is 4.79 Å². The molecule has 4 heteroatoms. The molecule has 1 amide bonds. The summed E-state index contributed by atoms with van der Waals surface area (Å²) in [6, 6.07) is 7.36. The van der Waals surface area contributed by atoms with E-state index in [1.807, 2.05) is 18.2 Å². The Morgan fingerprint density at radius 2 is 2.39 bits per heavy atom. The Labute approximate surface area is 112 Å². The van der Waals surface area contributed by atoms with Gasteiger partial charge in [0.25, 0.3) is 0 Å². The molecule has 2 rings (SSSR count). The second kappa shape index (κ2) is 6.03. The minimum atomic E-state index is -0.00840. The number of aliphatic hydroxyl groups excluding tert-OH is 1. The van der Waals surface area contributed by atoms with Crippen LogP contribution in [0.2, 0.25) is 5.02 Å². The lowest BCUT2D eigenvalue weighted by Crippen LogP contribution is -2.27. The maximum absolute atomic E-state index is 11.9. The molecule has 1 heterocycles. The number of aliphatic hydroxyl groups is 1. The van der Waals surface area contributed by atoms with Crippen molar-refractivity contribution in [1.29, 1.82) is 0 Å². The maximum Gasteiger partial charge on any atom is 0.246 e. The van der Waals surface area contributed by atoms with Crippen LogP contribution in [-0.4, -0.2) is 35.6 Å². The molecule has 1 N–H and O–H groups in total. The van der Waals surface area contributed by atoms with Crippen molar-refractivity contribution in [3.05, 3.63) is 40.9 Å². The van der Waals surface area contributed by atoms with Crippen LogP contribution >= 0.6 is 11.6 Å². The molecule has 1 fully saturated rings. The third-order valence-electron chi connectivity index (χ3n) is 3.12. The minimum absolute atomic E-state index is 0.00840. The zero-order valence-electron chi connectivity index (χ0n) is 10.1. The SMILES string of the molecule is O=C(C=Cc1cccc(Cl)c1)N1CCC(CO)C1. The Balaban J connectivity index is 1.95. The van der Waals surface area contributed by atoms with Crippen molar-refractivity contribution >= 4 is 23.6 Å². The quantitative estimate of drug-likeness (QED) is 0.851. The van der Waals surface area contributed by atoms with Crippen molar-refractivity contribution in [3.63, 3.8) is 0 Å². The van der Waals surface area contributed by atoms with E-state index in [-0.39, 0.29) is 18.4 Å². The van der Waals surface area contributed by atoms with E-state index in [4.69, 9.17) is 16.7 Å². The van der Waals surface area contributed by atoms with Crippen LogP contribution in [0.4, 0.5) is 0 Å². The number of benzene rings is 1. The van der Waals surface area contributed by atoms with E-state index in [0.29, 0.717) is 11.6 Å². The summed E-state index contributed by atoms with van der Waals surface area (Å²) in [5.74, 6) is 0.222. The highest BCUT2D eigenvalue weighted by Gasteiger charge is 2.23. The van der Waals surface area contributed by atoms with Crippen LogP contribution in [0.1, 0.15) is 12.0 Å². The third kappa shape index (κ3) is 3.34. The van der Waals surface area contributed by atoms with E-state index in [1.54, 1.807) is 23.1 Å². The lowest BCUT2D eigenvalue weighted by molar-refractivity contribution is -0.125. The predicted molar refractivity (Wildman–Crippen MR) is 72.3 cm³/mol. The second-order valence-electron chi connectivity index (χ2n) is 4.51. The zero-order valence-corrected chi connectivity index (χ0v) is 10.8. The topological polar surface area (TPSA) is 40.5 Å². The van der Waals surface area contributed by atoms with Gasteiger partial charge in [-0.05, 0) is 30.2 Å². The Morgan fingerprint density at radius 3 is 3.06 bits per heavy atom. The monoisotopic (exact) mass is 265 g/mol. The van der Waals surface area contributed by atoms with Gasteiger partial charge in [-0.1, -0.05) is 23.7 Å². The second-order valence-corrected chi connectivity index (χ2v) is 4.95. The minimum Gasteiger partial charge on any atom is -0.396 e. The Hall–Kier alpha value is -1.32. The number of rotatable bonds is 3. The summed E-state index contributed by atoms with van der Waals surface area (Å²) in [4.78, 5) is 13.7. The molecule has 0 spiro atoms. The van der Waals surface area contributed by atoms with E-state index < -0.39 is 0 Å². The molecule has 1 saturated heterocycles. The van der Waals surface area contributed by atoms with Gasteiger partial charge in [-0.3, -0.25) is 4.79 Å². The van der Waals surface area contributed by atoms with Gasteiger partial charge in [-0.15, -0.1) is 0 Å². The number of hydrogen-bond acceptors (Lipinski definition) is 2. The van der Waals surface area contributed by atoms with E-state index in [2.05, 4.69) is 0 Å². The van der Waals surface area contributed by atoms with Gasteiger partial charge in [0.2, 0.25) is 5.91 Å². The summed E-state index contributed by atoms with van der Waals surface area (Å²) in [6.45, 7) is 1.53. The molecule has 0 radical (unpaired) electrons. The lowest BCUT2D eigenvalue weighted by atomic mass is 10.1. The van der Waals surface area contributed by atoms with Crippen LogP contribution in [0.3, 0.4) is 0 Å². The Kier molecular flexibility index (Phi) is 4.39. The number of carbonyl (C=O) groups is 1. The van der Waals surface area contributed by atoms with Crippen molar-refractivity contribution in [3.8, 4) is 0 Å². The fourth-order valence-corrected chi connectivity index (χ4v) is 2.26. The van der Waals surface area contributed by atoms with Crippen LogP contribution in [0.5, 0.6) is 0 Å². The van der Waals surface area contributed by atoms with E-state index in [0.717, 1.165) is 18.5 Å². The van der Waals surface area contributed by atoms with Crippen LogP contribution in [0.25, 0.3) is 6.08 Å². The largest absolute Gasteiger partial charge is 0.396 e. The van der Waals surface area contributed by atoms with Crippen molar-refractivity contribution in [2.24, 2.45) is 5.92 Å². The predicted octanol–water partition coefficient (Wildman–Crippen LogP) is 2.19. The van der Waals surface area contributed by atoms with Gasteiger partial charge in [-0.25, -0.2) is 0 Å².